The summed E-state index contributed by atoms with van der Waals surface area (Å²) in [5.41, 5.74) is 1.67. The number of fused-ring (bicyclic) bond motifs is 1. The van der Waals surface area contributed by atoms with Gasteiger partial charge in [0.15, 0.2) is 0 Å². The molecule has 2 nitrogen and oxygen atoms in total. The molecule has 0 spiro atoms. The Bertz CT molecular complexity index is 393. The zero-order valence-electron chi connectivity index (χ0n) is 9.40. The lowest BCUT2D eigenvalue weighted by Gasteiger charge is -2.15. The minimum Gasteiger partial charge on any atom is -0.298 e. The number of amides is 1. The van der Waals surface area contributed by atoms with Crippen LogP contribution in [0.4, 0.5) is 0 Å². The molecule has 0 aliphatic carbocycles. The van der Waals surface area contributed by atoms with Gasteiger partial charge in [0, 0.05) is 12.1 Å². The molecular weight excluding hydrogens is 218 g/mol. The maximum Gasteiger partial charge on any atom is 0.259 e. The molecule has 0 N–H and O–H groups in total. The zero-order chi connectivity index (χ0) is 11.5. The summed E-state index contributed by atoms with van der Waals surface area (Å²) in [5.74, 6) is 0.0664. The smallest absolute Gasteiger partial charge is 0.259 e. The summed E-state index contributed by atoms with van der Waals surface area (Å²) in [5, 5.41) is 0. The molecule has 3 heteroatoms. The van der Waals surface area contributed by atoms with E-state index in [2.05, 4.69) is 6.92 Å². The molecule has 0 radical (unpaired) electrons. The number of nitrogens with zero attached hydrogens (tertiary/aromatic N) is 1. The summed E-state index contributed by atoms with van der Waals surface area (Å²) in [6.45, 7) is 2.90. The van der Waals surface area contributed by atoms with E-state index in [1.54, 1.807) is 4.90 Å². The van der Waals surface area contributed by atoms with E-state index < -0.39 is 0 Å². The van der Waals surface area contributed by atoms with E-state index >= 15 is 0 Å². The minimum absolute atomic E-state index is 0.0664. The van der Waals surface area contributed by atoms with Crippen molar-refractivity contribution in [1.29, 1.82) is 0 Å². The number of benzene rings is 1. The lowest BCUT2D eigenvalue weighted by atomic mass is 10.1. The van der Waals surface area contributed by atoms with Crippen molar-refractivity contribution >= 4 is 23.1 Å². The lowest BCUT2D eigenvalue weighted by molar-refractivity contribution is 0.0860. The standard InChI is InChI=1S/C13H15NOS/c1-2-3-6-9-14-12(15)10-7-4-5-8-11(10)13(14)16/h4-5,7-8H,2-3,6,9H2,1H3. The summed E-state index contributed by atoms with van der Waals surface area (Å²) in [6, 6.07) is 7.59. The van der Waals surface area contributed by atoms with Gasteiger partial charge < -0.3 is 0 Å². The van der Waals surface area contributed by atoms with Gasteiger partial charge in [-0.25, -0.2) is 0 Å². The van der Waals surface area contributed by atoms with Crippen LogP contribution in [0.3, 0.4) is 0 Å². The molecule has 84 valence electrons. The van der Waals surface area contributed by atoms with Crippen molar-refractivity contribution in [1.82, 2.24) is 4.90 Å². The van der Waals surface area contributed by atoms with Gasteiger partial charge in [0.2, 0.25) is 0 Å². The first kappa shape index (κ1) is 11.3. The van der Waals surface area contributed by atoms with Gasteiger partial charge in [-0.3, -0.25) is 9.69 Å². The number of carbonyl (C=O) groups is 1. The van der Waals surface area contributed by atoms with Crippen LogP contribution in [0.2, 0.25) is 0 Å². The second-order valence-corrected chi connectivity index (χ2v) is 4.40. The third kappa shape index (κ3) is 1.87. The van der Waals surface area contributed by atoms with Gasteiger partial charge >= 0.3 is 0 Å². The first-order valence-electron chi connectivity index (χ1n) is 5.71. The summed E-state index contributed by atoms with van der Waals surface area (Å²) >= 11 is 5.33. The van der Waals surface area contributed by atoms with Crippen LogP contribution < -0.4 is 0 Å². The normalized spacial score (nSPS) is 14.4. The Morgan fingerprint density at radius 1 is 1.19 bits per heavy atom. The average molecular weight is 233 g/mol. The molecule has 0 aromatic heterocycles. The van der Waals surface area contributed by atoms with Gasteiger partial charge in [0.1, 0.15) is 4.99 Å². The molecule has 0 saturated heterocycles. The van der Waals surface area contributed by atoms with Crippen LogP contribution >= 0.6 is 12.2 Å². The van der Waals surface area contributed by atoms with E-state index in [0.29, 0.717) is 4.99 Å². The van der Waals surface area contributed by atoms with Crippen LogP contribution in [0.5, 0.6) is 0 Å². The molecule has 0 atom stereocenters. The molecule has 0 fully saturated rings. The van der Waals surface area contributed by atoms with Crippen molar-refractivity contribution in [2.45, 2.75) is 26.2 Å². The van der Waals surface area contributed by atoms with E-state index in [1.807, 2.05) is 24.3 Å². The Hall–Kier alpha value is -1.22. The molecule has 0 saturated carbocycles. The second kappa shape index (κ2) is 4.74. The quantitative estimate of drug-likeness (QED) is 0.588. The first-order chi connectivity index (χ1) is 7.75. The van der Waals surface area contributed by atoms with Crippen molar-refractivity contribution in [2.75, 3.05) is 6.54 Å². The van der Waals surface area contributed by atoms with E-state index in [9.17, 15) is 4.79 Å². The van der Waals surface area contributed by atoms with Crippen LogP contribution in [0.1, 0.15) is 42.1 Å². The molecule has 1 aromatic rings. The zero-order valence-corrected chi connectivity index (χ0v) is 10.2. The highest BCUT2D eigenvalue weighted by atomic mass is 32.1. The maximum atomic E-state index is 12.0. The van der Waals surface area contributed by atoms with E-state index in [4.69, 9.17) is 12.2 Å². The molecular formula is C13H15NOS. The first-order valence-corrected chi connectivity index (χ1v) is 6.11. The van der Waals surface area contributed by atoms with Crippen LogP contribution in [0, 0.1) is 0 Å². The SMILES string of the molecule is CCCCCN1C(=O)c2ccccc2C1=S. The Labute approximate surface area is 101 Å². The number of hydrogen-bond donors (Lipinski definition) is 0. The Kier molecular flexibility index (Phi) is 3.34. The summed E-state index contributed by atoms with van der Waals surface area (Å²) in [4.78, 5) is 14.5. The second-order valence-electron chi connectivity index (χ2n) is 4.01. The summed E-state index contributed by atoms with van der Waals surface area (Å²) in [7, 11) is 0. The lowest BCUT2D eigenvalue weighted by Crippen LogP contribution is -2.30. The van der Waals surface area contributed by atoms with Gasteiger partial charge in [-0.2, -0.15) is 0 Å². The molecule has 16 heavy (non-hydrogen) atoms. The van der Waals surface area contributed by atoms with Crippen LogP contribution in [0.15, 0.2) is 24.3 Å². The molecule has 1 heterocycles. The van der Waals surface area contributed by atoms with E-state index in [-0.39, 0.29) is 5.91 Å². The highest BCUT2D eigenvalue weighted by Crippen LogP contribution is 2.23. The molecule has 2 rings (SSSR count). The Morgan fingerprint density at radius 3 is 2.50 bits per heavy atom. The van der Waals surface area contributed by atoms with Gasteiger partial charge in [-0.05, 0) is 12.5 Å². The third-order valence-corrected chi connectivity index (χ3v) is 3.30. The highest BCUT2D eigenvalue weighted by molar-refractivity contribution is 7.80. The summed E-state index contributed by atoms with van der Waals surface area (Å²) in [6.07, 6.45) is 3.32. The van der Waals surface area contributed by atoms with Crippen molar-refractivity contribution in [3.63, 3.8) is 0 Å². The molecule has 0 unspecified atom stereocenters. The fraction of sp³-hybridized carbons (Fsp3) is 0.385. The van der Waals surface area contributed by atoms with Crippen molar-refractivity contribution in [3.8, 4) is 0 Å². The van der Waals surface area contributed by atoms with E-state index in [0.717, 1.165) is 36.9 Å². The Balaban J connectivity index is 2.15. The summed E-state index contributed by atoms with van der Waals surface area (Å²) < 4.78 is 0. The van der Waals surface area contributed by atoms with Gasteiger partial charge in [-0.1, -0.05) is 50.2 Å². The van der Waals surface area contributed by atoms with Gasteiger partial charge in [0.25, 0.3) is 5.91 Å². The predicted molar refractivity (Wildman–Crippen MR) is 68.7 cm³/mol. The van der Waals surface area contributed by atoms with Crippen molar-refractivity contribution in [2.24, 2.45) is 0 Å². The van der Waals surface area contributed by atoms with Crippen LogP contribution in [0.25, 0.3) is 0 Å². The molecule has 1 aliphatic heterocycles. The third-order valence-electron chi connectivity index (χ3n) is 2.86. The topological polar surface area (TPSA) is 20.3 Å². The van der Waals surface area contributed by atoms with Gasteiger partial charge in [0.05, 0.1) is 5.56 Å². The molecule has 1 amide bonds. The number of carbonyl (C=O) groups excluding carboxylic acids is 1. The van der Waals surface area contributed by atoms with E-state index in [1.165, 1.54) is 0 Å². The maximum absolute atomic E-state index is 12.0. The Morgan fingerprint density at radius 2 is 1.88 bits per heavy atom. The number of thiocarbonyl (C=S) groups is 1. The average Bonchev–Trinajstić information content (AvgIpc) is 2.55. The number of unbranched alkanes of at least 4 members (excludes halogenated alkanes) is 2. The fourth-order valence-electron chi connectivity index (χ4n) is 1.96. The molecule has 1 aromatic carbocycles. The largest absolute Gasteiger partial charge is 0.298 e. The molecule has 0 bridgehead atoms. The highest BCUT2D eigenvalue weighted by Gasteiger charge is 2.31. The van der Waals surface area contributed by atoms with Crippen LogP contribution in [-0.2, 0) is 0 Å². The monoisotopic (exact) mass is 233 g/mol. The minimum atomic E-state index is 0.0664. The van der Waals surface area contributed by atoms with Crippen LogP contribution in [-0.4, -0.2) is 22.3 Å². The van der Waals surface area contributed by atoms with Gasteiger partial charge in [-0.15, -0.1) is 0 Å². The molecule has 1 aliphatic rings. The fourth-order valence-corrected chi connectivity index (χ4v) is 2.31. The predicted octanol–water partition coefficient (Wildman–Crippen LogP) is 3.01. The van der Waals surface area contributed by atoms with Crippen molar-refractivity contribution < 1.29 is 4.79 Å². The number of hydrogen-bond acceptors (Lipinski definition) is 2. The van der Waals surface area contributed by atoms with Crippen molar-refractivity contribution in [3.05, 3.63) is 35.4 Å². The number of rotatable bonds is 4.